The quantitative estimate of drug-likeness (QED) is 0.153. The minimum absolute atomic E-state index is 0.0241. The fourth-order valence-electron chi connectivity index (χ4n) is 8.06. The first-order valence-corrected chi connectivity index (χ1v) is 20.9. The third-order valence-electron chi connectivity index (χ3n) is 11.3. The van der Waals surface area contributed by atoms with Crippen molar-refractivity contribution in [3.63, 3.8) is 0 Å². The van der Waals surface area contributed by atoms with E-state index in [1.54, 1.807) is 26.8 Å². The average Bonchev–Trinajstić information content (AvgIpc) is 3.90. The maximum Gasteiger partial charge on any atom is 0.410 e. The predicted molar refractivity (Wildman–Crippen MR) is 198 cm³/mol. The number of alkyl carbamates (subject to hydrolysis) is 1. The molecule has 7 atom stereocenters. The van der Waals surface area contributed by atoms with Gasteiger partial charge in [0.2, 0.25) is 27.7 Å². The van der Waals surface area contributed by atoms with Gasteiger partial charge in [0.05, 0.1) is 24.9 Å². The average molecular weight is 831 g/mol. The molecule has 1 unspecified atom stereocenters. The molecule has 20 heteroatoms. The van der Waals surface area contributed by atoms with Crippen LogP contribution in [0.5, 0.6) is 0 Å². The number of hydrogen-bond acceptors (Lipinski definition) is 12. The number of amides is 6. The van der Waals surface area contributed by atoms with Crippen LogP contribution in [0.25, 0.3) is 0 Å². The van der Waals surface area contributed by atoms with E-state index < -0.39 is 110 Å². The number of sulfonamides is 1. The Kier molecular flexibility index (Phi) is 10.7. The molecule has 6 amide bonds. The number of nitrogens with one attached hydrogen (secondary N) is 3. The van der Waals surface area contributed by atoms with Crippen molar-refractivity contribution < 1.29 is 60.6 Å². The van der Waals surface area contributed by atoms with Gasteiger partial charge in [-0.1, -0.05) is 18.2 Å². The summed E-state index contributed by atoms with van der Waals surface area (Å²) in [5, 5.41) is 4.44. The molecule has 2 aliphatic carbocycles. The van der Waals surface area contributed by atoms with Crippen LogP contribution in [0.1, 0.15) is 76.8 Å². The summed E-state index contributed by atoms with van der Waals surface area (Å²) in [6.45, 7) is 8.35. The lowest BCUT2D eigenvalue weighted by Gasteiger charge is -2.31. The summed E-state index contributed by atoms with van der Waals surface area (Å²) in [4.78, 5) is 98.1. The van der Waals surface area contributed by atoms with Crippen LogP contribution >= 0.6 is 0 Å². The van der Waals surface area contributed by atoms with Crippen molar-refractivity contribution in [3.05, 3.63) is 47.8 Å². The fourth-order valence-corrected chi connectivity index (χ4v) is 9.43. The molecule has 314 valence electrons. The summed E-state index contributed by atoms with van der Waals surface area (Å²) in [6.07, 6.45) is -1.65. The van der Waals surface area contributed by atoms with Gasteiger partial charge in [0.1, 0.15) is 47.3 Å². The minimum Gasteiger partial charge on any atom is -0.459 e. The first-order chi connectivity index (χ1) is 27.3. The van der Waals surface area contributed by atoms with Crippen molar-refractivity contribution in [2.45, 2.75) is 126 Å². The second-order valence-electron chi connectivity index (χ2n) is 16.8. The van der Waals surface area contributed by atoms with Crippen molar-refractivity contribution in [1.29, 1.82) is 0 Å². The van der Waals surface area contributed by atoms with Gasteiger partial charge < -0.3 is 34.6 Å². The lowest BCUT2D eigenvalue weighted by Crippen LogP contribution is -2.58. The Balaban J connectivity index is 1.12. The van der Waals surface area contributed by atoms with E-state index in [2.05, 4.69) is 21.9 Å². The molecule has 2 saturated carbocycles. The fraction of sp³-hybridized carbons (Fsp3) is 0.605. The summed E-state index contributed by atoms with van der Waals surface area (Å²) in [5.74, 6) is -4.79. The molecule has 1 aromatic carbocycles. The van der Waals surface area contributed by atoms with Crippen LogP contribution < -0.4 is 15.4 Å². The Morgan fingerprint density at radius 3 is 2.45 bits per heavy atom. The number of morpholine rings is 1. The SMILES string of the molecule is C=C[C@@H]1C[C@]1(NC(=O)[C@@H]1CC(OC(=O)N2Cc3cccc(F)c3C2)CN1C(=O)[C@H](CCC(=O)N1C[C@@H]2C[C@H]1C(=O)O2)NC(=O)OC(C)(C)C)C(=O)NS(=O)(=O)C1CC1. The number of ether oxygens (including phenoxy) is 3. The molecule has 5 fully saturated rings. The molecule has 0 radical (unpaired) electrons. The van der Waals surface area contributed by atoms with Gasteiger partial charge in [0.15, 0.2) is 0 Å². The summed E-state index contributed by atoms with van der Waals surface area (Å²) in [5.41, 5.74) is -1.76. The molecule has 4 aliphatic heterocycles. The molecule has 3 N–H and O–H groups in total. The number of rotatable bonds is 12. The van der Waals surface area contributed by atoms with Crippen molar-refractivity contribution in [2.75, 3.05) is 13.1 Å². The molecule has 4 heterocycles. The lowest BCUT2D eigenvalue weighted by atomic mass is 10.1. The smallest absolute Gasteiger partial charge is 0.410 e. The van der Waals surface area contributed by atoms with Gasteiger partial charge in [-0.25, -0.2) is 27.2 Å². The van der Waals surface area contributed by atoms with E-state index in [4.69, 9.17) is 14.2 Å². The van der Waals surface area contributed by atoms with Gasteiger partial charge >= 0.3 is 18.2 Å². The number of likely N-dealkylation sites (tertiary alicyclic amines) is 2. The highest BCUT2D eigenvalue weighted by atomic mass is 32.2. The highest BCUT2D eigenvalue weighted by Gasteiger charge is 2.62. The van der Waals surface area contributed by atoms with Gasteiger partial charge in [0, 0.05) is 37.3 Å². The molecule has 0 spiro atoms. The molecule has 3 saturated heterocycles. The van der Waals surface area contributed by atoms with Crippen LogP contribution in [-0.4, -0.2) is 125 Å². The molecule has 0 aromatic heterocycles. The summed E-state index contributed by atoms with van der Waals surface area (Å²) < 4.78 is 58.4. The first-order valence-electron chi connectivity index (χ1n) is 19.3. The highest BCUT2D eigenvalue weighted by molar-refractivity contribution is 7.91. The van der Waals surface area contributed by atoms with Crippen molar-refractivity contribution >= 4 is 51.8 Å². The monoisotopic (exact) mass is 830 g/mol. The third kappa shape index (κ3) is 8.33. The van der Waals surface area contributed by atoms with Crippen LogP contribution in [0.2, 0.25) is 0 Å². The van der Waals surface area contributed by atoms with Crippen molar-refractivity contribution in [2.24, 2.45) is 5.92 Å². The van der Waals surface area contributed by atoms with E-state index in [9.17, 15) is 46.4 Å². The molecule has 7 rings (SSSR count). The largest absolute Gasteiger partial charge is 0.459 e. The molecule has 58 heavy (non-hydrogen) atoms. The first kappa shape index (κ1) is 40.9. The zero-order valence-corrected chi connectivity index (χ0v) is 33.2. The number of hydrogen-bond donors (Lipinski definition) is 3. The van der Waals surface area contributed by atoms with Crippen LogP contribution in [0.4, 0.5) is 14.0 Å². The highest BCUT2D eigenvalue weighted by Crippen LogP contribution is 2.45. The second-order valence-corrected chi connectivity index (χ2v) is 18.7. The lowest BCUT2D eigenvalue weighted by molar-refractivity contribution is -0.157. The summed E-state index contributed by atoms with van der Waals surface area (Å²) in [6, 6.07) is 0.849. The Hall–Kier alpha value is -5.27. The van der Waals surface area contributed by atoms with Gasteiger partial charge in [-0.2, -0.15) is 0 Å². The molecule has 6 aliphatic rings. The number of carbonyl (C=O) groups excluding carboxylic acids is 7. The number of benzene rings is 1. The Morgan fingerprint density at radius 1 is 1.09 bits per heavy atom. The van der Waals surface area contributed by atoms with Crippen molar-refractivity contribution in [1.82, 2.24) is 30.1 Å². The minimum atomic E-state index is -4.00. The van der Waals surface area contributed by atoms with Gasteiger partial charge in [-0.05, 0) is 58.1 Å². The Labute approximate surface area is 334 Å². The molecule has 1 aromatic rings. The second kappa shape index (κ2) is 15.2. The van der Waals surface area contributed by atoms with E-state index in [0.717, 1.165) is 4.90 Å². The predicted octanol–water partition coefficient (Wildman–Crippen LogP) is 1.12. The summed E-state index contributed by atoms with van der Waals surface area (Å²) in [7, 11) is -4.00. The topological polar surface area (TPSA) is 227 Å². The van der Waals surface area contributed by atoms with E-state index in [1.165, 1.54) is 28.0 Å². The van der Waals surface area contributed by atoms with Crippen molar-refractivity contribution in [3.8, 4) is 0 Å². The standard InChI is InChI=1S/C38H47FN6O12S/c1-5-21-15-38(21,34(50)42-58(53,54)24-9-10-24)41-31(47)28-13-23(56-36(52)43-16-20-7-6-8-26(39)25(20)19-43)18-45(28)32(48)27(40-35(51)57-37(2,3)4)11-12-30(46)44-17-22-14-29(44)33(49)55-22/h5-8,21-24,27-29H,1,9-19H2,2-4H3,(H,40,51)(H,41,47)(H,42,50)/t21-,22+,23?,27+,28+,29+,38-/m1/s1. The van der Waals surface area contributed by atoms with Gasteiger partial charge in [-0.3, -0.25) is 28.8 Å². The normalized spacial score (nSPS) is 27.6. The molecular formula is C38H47FN6O12S. The van der Waals surface area contributed by atoms with Crippen LogP contribution in [-0.2, 0) is 61.3 Å². The number of fused-ring (bicyclic) bond motifs is 3. The van der Waals surface area contributed by atoms with E-state index in [0.29, 0.717) is 30.4 Å². The maximum atomic E-state index is 14.6. The van der Waals surface area contributed by atoms with E-state index in [1.807, 2.05) is 0 Å². The zero-order valence-electron chi connectivity index (χ0n) is 32.4. The summed E-state index contributed by atoms with van der Waals surface area (Å²) >= 11 is 0. The maximum absolute atomic E-state index is 14.6. The van der Waals surface area contributed by atoms with Gasteiger partial charge in [0.25, 0.3) is 5.91 Å². The zero-order chi connectivity index (χ0) is 41.9. The van der Waals surface area contributed by atoms with E-state index in [-0.39, 0.29) is 51.9 Å². The van der Waals surface area contributed by atoms with Crippen LogP contribution in [0.3, 0.4) is 0 Å². The van der Waals surface area contributed by atoms with Crippen LogP contribution in [0.15, 0.2) is 30.9 Å². The molecule has 2 bridgehead atoms. The van der Waals surface area contributed by atoms with Crippen LogP contribution in [0, 0.1) is 11.7 Å². The van der Waals surface area contributed by atoms with Gasteiger partial charge in [-0.15, -0.1) is 6.58 Å². The molecule has 18 nitrogen and oxygen atoms in total. The number of esters is 1. The van der Waals surface area contributed by atoms with E-state index >= 15 is 0 Å². The number of halogens is 1. The Bertz CT molecular complexity index is 2060. The Morgan fingerprint density at radius 2 is 1.83 bits per heavy atom. The third-order valence-corrected chi connectivity index (χ3v) is 13.1. The number of carbonyl (C=O) groups is 7. The number of nitrogens with zero attached hydrogens (tertiary/aromatic N) is 3. The molecular weight excluding hydrogens is 784 g/mol.